The number of aromatic nitrogens is 2. The molecule has 0 radical (unpaired) electrons. The van der Waals surface area contributed by atoms with Crippen LogP contribution in [0.5, 0.6) is 0 Å². The Morgan fingerprint density at radius 2 is 2.29 bits per heavy atom. The lowest BCUT2D eigenvalue weighted by atomic mass is 10.1. The molecule has 0 bridgehead atoms. The molecular weight excluding hydrogens is 306 g/mol. The van der Waals surface area contributed by atoms with Gasteiger partial charge in [-0.25, -0.2) is 9.97 Å². The van der Waals surface area contributed by atoms with Crippen LogP contribution >= 0.6 is 0 Å². The monoisotopic (exact) mass is 327 g/mol. The first-order valence-corrected chi connectivity index (χ1v) is 7.95. The van der Waals surface area contributed by atoms with E-state index in [1.54, 1.807) is 18.2 Å². The van der Waals surface area contributed by atoms with Crippen molar-refractivity contribution in [3.05, 3.63) is 59.2 Å². The average molecular weight is 327 g/mol. The Hall–Kier alpha value is -2.31. The van der Waals surface area contributed by atoms with Crippen LogP contribution in [0.2, 0.25) is 0 Å². The molecule has 0 spiro atoms. The fraction of sp³-hybridized carbons (Fsp3) is 0.389. The summed E-state index contributed by atoms with van der Waals surface area (Å²) in [4.78, 5) is 23.3. The Balaban J connectivity index is 1.74. The van der Waals surface area contributed by atoms with Gasteiger partial charge in [0.25, 0.3) is 5.91 Å². The summed E-state index contributed by atoms with van der Waals surface area (Å²) in [6.45, 7) is 3.90. The molecule has 126 valence electrons. The van der Waals surface area contributed by atoms with Gasteiger partial charge < -0.3 is 14.4 Å². The minimum atomic E-state index is -0.287. The molecule has 0 unspecified atom stereocenters. The van der Waals surface area contributed by atoms with E-state index in [1.165, 1.54) is 0 Å². The number of ether oxygens (including phenoxy) is 2. The van der Waals surface area contributed by atoms with Crippen molar-refractivity contribution in [2.24, 2.45) is 0 Å². The van der Waals surface area contributed by atoms with Crippen LogP contribution in [-0.4, -0.2) is 47.6 Å². The Bertz CT molecular complexity index is 720. The third kappa shape index (κ3) is 3.77. The number of methoxy groups -OCH3 is 1. The molecule has 1 fully saturated rings. The first kappa shape index (κ1) is 16.5. The fourth-order valence-corrected chi connectivity index (χ4v) is 2.76. The molecule has 1 aliphatic heterocycles. The maximum atomic E-state index is 12.8. The summed E-state index contributed by atoms with van der Waals surface area (Å²) in [6.07, 6.45) is 1.43. The SMILES string of the molecule is COCc1cccc(C(=O)N2CCO[C@H](c3nccc(C)n3)C2)c1. The van der Waals surface area contributed by atoms with E-state index in [1.807, 2.05) is 37.3 Å². The summed E-state index contributed by atoms with van der Waals surface area (Å²) < 4.78 is 10.9. The molecule has 24 heavy (non-hydrogen) atoms. The molecule has 1 amide bonds. The van der Waals surface area contributed by atoms with Crippen LogP contribution in [0.25, 0.3) is 0 Å². The van der Waals surface area contributed by atoms with E-state index in [0.29, 0.717) is 37.7 Å². The lowest BCUT2D eigenvalue weighted by molar-refractivity contribution is -0.0268. The van der Waals surface area contributed by atoms with E-state index in [2.05, 4.69) is 9.97 Å². The number of morpholine rings is 1. The van der Waals surface area contributed by atoms with Crippen LogP contribution in [0.4, 0.5) is 0 Å². The van der Waals surface area contributed by atoms with Gasteiger partial charge in [0, 0.05) is 31.1 Å². The highest BCUT2D eigenvalue weighted by molar-refractivity contribution is 5.94. The Kier molecular flexibility index (Phi) is 5.17. The molecule has 1 aliphatic rings. The minimum Gasteiger partial charge on any atom is -0.380 e. The highest BCUT2D eigenvalue weighted by atomic mass is 16.5. The highest BCUT2D eigenvalue weighted by Gasteiger charge is 2.27. The van der Waals surface area contributed by atoms with Gasteiger partial charge in [-0.2, -0.15) is 0 Å². The number of hydrogen-bond donors (Lipinski definition) is 0. The summed E-state index contributed by atoms with van der Waals surface area (Å²) in [7, 11) is 1.64. The molecule has 2 heterocycles. The number of benzene rings is 1. The number of carbonyl (C=O) groups excluding carboxylic acids is 1. The van der Waals surface area contributed by atoms with Gasteiger partial charge in [-0.05, 0) is 30.7 Å². The maximum Gasteiger partial charge on any atom is 0.254 e. The Labute approximate surface area is 141 Å². The molecule has 1 saturated heterocycles. The van der Waals surface area contributed by atoms with Crippen LogP contribution in [0.1, 0.15) is 33.5 Å². The second-order valence-electron chi connectivity index (χ2n) is 5.80. The molecule has 6 heteroatoms. The molecule has 0 aliphatic carbocycles. The molecule has 6 nitrogen and oxygen atoms in total. The smallest absolute Gasteiger partial charge is 0.254 e. The van der Waals surface area contributed by atoms with Gasteiger partial charge in [-0.1, -0.05) is 12.1 Å². The minimum absolute atomic E-state index is 0.00564. The summed E-state index contributed by atoms with van der Waals surface area (Å²) in [5, 5.41) is 0. The van der Waals surface area contributed by atoms with Crippen LogP contribution in [0.15, 0.2) is 36.5 Å². The zero-order valence-corrected chi connectivity index (χ0v) is 13.9. The van der Waals surface area contributed by atoms with Gasteiger partial charge in [0.05, 0.1) is 19.8 Å². The van der Waals surface area contributed by atoms with Gasteiger partial charge in [0.2, 0.25) is 0 Å². The highest BCUT2D eigenvalue weighted by Crippen LogP contribution is 2.21. The van der Waals surface area contributed by atoms with Gasteiger partial charge in [0.1, 0.15) is 6.10 Å². The van der Waals surface area contributed by atoms with Crippen LogP contribution in [0, 0.1) is 6.92 Å². The Morgan fingerprint density at radius 3 is 3.08 bits per heavy atom. The molecular formula is C18H21N3O3. The van der Waals surface area contributed by atoms with Crippen molar-refractivity contribution in [3.63, 3.8) is 0 Å². The zero-order valence-electron chi connectivity index (χ0n) is 13.9. The van der Waals surface area contributed by atoms with E-state index in [-0.39, 0.29) is 12.0 Å². The van der Waals surface area contributed by atoms with E-state index in [0.717, 1.165) is 11.3 Å². The van der Waals surface area contributed by atoms with Gasteiger partial charge in [-0.3, -0.25) is 4.79 Å². The lowest BCUT2D eigenvalue weighted by Crippen LogP contribution is -2.42. The first-order chi connectivity index (χ1) is 11.7. The standard InChI is InChI=1S/C18H21N3O3/c1-13-6-7-19-17(20-13)16-11-21(8-9-24-16)18(22)15-5-3-4-14(10-15)12-23-2/h3-7,10,16H,8-9,11-12H2,1-2H3/t16-/m0/s1. The zero-order chi connectivity index (χ0) is 16.9. The third-order valence-electron chi connectivity index (χ3n) is 3.94. The van der Waals surface area contributed by atoms with Crippen LogP contribution < -0.4 is 0 Å². The van der Waals surface area contributed by atoms with Crippen molar-refractivity contribution in [3.8, 4) is 0 Å². The molecule has 3 rings (SSSR count). The van der Waals surface area contributed by atoms with Crippen LogP contribution in [0.3, 0.4) is 0 Å². The summed E-state index contributed by atoms with van der Waals surface area (Å²) in [5.41, 5.74) is 2.53. The van der Waals surface area contributed by atoms with Crippen molar-refractivity contribution >= 4 is 5.91 Å². The predicted molar refractivity (Wildman–Crippen MR) is 88.5 cm³/mol. The van der Waals surface area contributed by atoms with Crippen molar-refractivity contribution in [1.29, 1.82) is 0 Å². The topological polar surface area (TPSA) is 64.5 Å². The normalized spacial score (nSPS) is 17.8. The molecule has 2 aromatic rings. The number of carbonyl (C=O) groups is 1. The molecule has 0 saturated carbocycles. The average Bonchev–Trinajstić information content (AvgIpc) is 2.62. The first-order valence-electron chi connectivity index (χ1n) is 7.95. The van der Waals surface area contributed by atoms with E-state index < -0.39 is 0 Å². The van der Waals surface area contributed by atoms with Crippen molar-refractivity contribution in [2.75, 3.05) is 26.8 Å². The number of nitrogens with zero attached hydrogens (tertiary/aromatic N) is 3. The quantitative estimate of drug-likeness (QED) is 0.861. The fourth-order valence-electron chi connectivity index (χ4n) is 2.76. The largest absolute Gasteiger partial charge is 0.380 e. The number of amides is 1. The molecule has 1 atom stereocenters. The number of aryl methyl sites for hydroxylation is 1. The lowest BCUT2D eigenvalue weighted by Gasteiger charge is -2.32. The Morgan fingerprint density at radius 1 is 1.42 bits per heavy atom. The summed E-state index contributed by atoms with van der Waals surface area (Å²) in [5.74, 6) is 0.620. The molecule has 1 aromatic heterocycles. The van der Waals surface area contributed by atoms with Crippen molar-refractivity contribution < 1.29 is 14.3 Å². The van der Waals surface area contributed by atoms with E-state index in [4.69, 9.17) is 9.47 Å². The van der Waals surface area contributed by atoms with Gasteiger partial charge in [-0.15, -0.1) is 0 Å². The second kappa shape index (κ2) is 7.51. The van der Waals surface area contributed by atoms with E-state index >= 15 is 0 Å². The van der Waals surface area contributed by atoms with E-state index in [9.17, 15) is 4.79 Å². The van der Waals surface area contributed by atoms with Gasteiger partial charge in [0.15, 0.2) is 5.82 Å². The summed E-state index contributed by atoms with van der Waals surface area (Å²) in [6, 6.07) is 9.37. The van der Waals surface area contributed by atoms with Crippen LogP contribution in [-0.2, 0) is 16.1 Å². The number of rotatable bonds is 4. The predicted octanol–water partition coefficient (Wildman–Crippen LogP) is 2.15. The molecule has 0 N–H and O–H groups in total. The maximum absolute atomic E-state index is 12.8. The molecule has 1 aromatic carbocycles. The second-order valence-corrected chi connectivity index (χ2v) is 5.80. The van der Waals surface area contributed by atoms with Crippen molar-refractivity contribution in [2.45, 2.75) is 19.6 Å². The number of hydrogen-bond acceptors (Lipinski definition) is 5. The van der Waals surface area contributed by atoms with Gasteiger partial charge >= 0.3 is 0 Å². The summed E-state index contributed by atoms with van der Waals surface area (Å²) >= 11 is 0. The third-order valence-corrected chi connectivity index (χ3v) is 3.94. The van der Waals surface area contributed by atoms with Crippen molar-refractivity contribution in [1.82, 2.24) is 14.9 Å².